The number of halogens is 1. The number of hydrogen-bond acceptors (Lipinski definition) is 7. The van der Waals surface area contributed by atoms with Gasteiger partial charge in [-0.2, -0.15) is 14.4 Å². The molecule has 3 aromatic rings. The molecule has 1 fully saturated rings. The number of ether oxygens (including phenoxy) is 2. The Bertz CT molecular complexity index is 1000. The summed E-state index contributed by atoms with van der Waals surface area (Å²) in [4.78, 5) is 23.8. The summed E-state index contributed by atoms with van der Waals surface area (Å²) in [5.74, 6) is -0.121. The minimum atomic E-state index is -0.837. The topological polar surface area (TPSA) is 91.2 Å². The largest absolute Gasteiger partial charge is 0.465 e. The zero-order chi connectivity index (χ0) is 19.5. The summed E-state index contributed by atoms with van der Waals surface area (Å²) in [5.41, 5.74) is 2.13. The molecule has 1 aliphatic heterocycles. The molecule has 1 saturated heterocycles. The summed E-state index contributed by atoms with van der Waals surface area (Å²) >= 11 is 0. The van der Waals surface area contributed by atoms with Crippen molar-refractivity contribution < 1.29 is 18.7 Å². The molecule has 0 bridgehead atoms. The Kier molecular flexibility index (Phi) is 5.16. The normalized spacial score (nSPS) is 16.9. The fourth-order valence-corrected chi connectivity index (χ4v) is 3.28. The quantitative estimate of drug-likeness (QED) is 0.533. The van der Waals surface area contributed by atoms with E-state index in [1.165, 1.54) is 7.11 Å². The number of anilines is 1. The number of aromatic nitrogens is 4. The number of methoxy groups -OCH3 is 1. The summed E-state index contributed by atoms with van der Waals surface area (Å²) in [6.07, 6.45) is 3.47. The average molecular weight is 385 g/mol. The van der Waals surface area contributed by atoms with Crippen LogP contribution in [0.2, 0.25) is 0 Å². The Morgan fingerprint density at radius 2 is 2.29 bits per heavy atom. The molecule has 1 atom stereocenters. The van der Waals surface area contributed by atoms with E-state index in [0.29, 0.717) is 35.7 Å². The Hall–Kier alpha value is -3.07. The highest BCUT2D eigenvalue weighted by atomic mass is 19.1. The first kappa shape index (κ1) is 18.3. The standard InChI is InChI=1S/C19H20FN5O3/c1-27-18(26)13-6-4-5-12(9-13)10-21-16-15-17(24-19(20)23-16)25(11-22-15)14-7-2-3-8-28-14/h4-6,9,11,14H,2-3,7-8,10H2,1H3,(H,21,23,24). The van der Waals surface area contributed by atoms with Crippen molar-refractivity contribution in [3.63, 3.8) is 0 Å². The maximum Gasteiger partial charge on any atom is 0.337 e. The number of hydrogen-bond donors (Lipinski definition) is 1. The Labute approximate surface area is 160 Å². The molecule has 28 heavy (non-hydrogen) atoms. The minimum Gasteiger partial charge on any atom is -0.465 e. The fraction of sp³-hybridized carbons (Fsp3) is 0.368. The summed E-state index contributed by atoms with van der Waals surface area (Å²) in [6, 6.07) is 6.99. The van der Waals surface area contributed by atoms with Crippen LogP contribution in [0.3, 0.4) is 0 Å². The van der Waals surface area contributed by atoms with Gasteiger partial charge in [0.25, 0.3) is 0 Å². The third kappa shape index (κ3) is 3.65. The van der Waals surface area contributed by atoms with Gasteiger partial charge in [-0.3, -0.25) is 4.57 Å². The minimum absolute atomic E-state index is 0.197. The van der Waals surface area contributed by atoms with Gasteiger partial charge in [-0.05, 0) is 37.0 Å². The molecular formula is C19H20FN5O3. The predicted molar refractivity (Wildman–Crippen MR) is 99.2 cm³/mol. The molecule has 0 saturated carbocycles. The van der Waals surface area contributed by atoms with Gasteiger partial charge >= 0.3 is 12.0 Å². The highest BCUT2D eigenvalue weighted by molar-refractivity contribution is 5.89. The van der Waals surface area contributed by atoms with Crippen LogP contribution in [0.5, 0.6) is 0 Å². The van der Waals surface area contributed by atoms with Crippen LogP contribution in [0, 0.1) is 6.08 Å². The van der Waals surface area contributed by atoms with Crippen LogP contribution in [0.15, 0.2) is 30.6 Å². The van der Waals surface area contributed by atoms with Crippen molar-refractivity contribution in [1.82, 2.24) is 19.5 Å². The number of esters is 1. The van der Waals surface area contributed by atoms with Crippen LogP contribution >= 0.6 is 0 Å². The lowest BCUT2D eigenvalue weighted by Gasteiger charge is -2.23. The van der Waals surface area contributed by atoms with Crippen molar-refractivity contribution in [3.8, 4) is 0 Å². The molecule has 2 aromatic heterocycles. The van der Waals surface area contributed by atoms with Crippen LogP contribution in [-0.4, -0.2) is 39.2 Å². The zero-order valence-electron chi connectivity index (χ0n) is 15.4. The average Bonchev–Trinajstić information content (AvgIpc) is 3.16. The maximum atomic E-state index is 14.1. The second-order valence-electron chi connectivity index (χ2n) is 6.53. The molecule has 1 aliphatic rings. The monoisotopic (exact) mass is 385 g/mol. The van der Waals surface area contributed by atoms with Gasteiger partial charge in [-0.15, -0.1) is 0 Å². The number of benzene rings is 1. The summed E-state index contributed by atoms with van der Waals surface area (Å²) in [6.45, 7) is 1.00. The van der Waals surface area contributed by atoms with Gasteiger partial charge < -0.3 is 14.8 Å². The van der Waals surface area contributed by atoms with Gasteiger partial charge in [-0.25, -0.2) is 9.78 Å². The van der Waals surface area contributed by atoms with Crippen molar-refractivity contribution in [2.24, 2.45) is 0 Å². The Morgan fingerprint density at radius 1 is 1.39 bits per heavy atom. The van der Waals surface area contributed by atoms with E-state index in [9.17, 15) is 9.18 Å². The van der Waals surface area contributed by atoms with Crippen molar-refractivity contribution >= 4 is 23.0 Å². The molecule has 4 rings (SSSR count). The molecule has 0 amide bonds. The molecule has 0 aliphatic carbocycles. The molecule has 1 unspecified atom stereocenters. The van der Waals surface area contributed by atoms with Crippen molar-refractivity contribution in [2.75, 3.05) is 19.0 Å². The first-order valence-electron chi connectivity index (χ1n) is 9.08. The van der Waals surface area contributed by atoms with E-state index in [1.807, 2.05) is 6.07 Å². The first-order valence-corrected chi connectivity index (χ1v) is 9.08. The van der Waals surface area contributed by atoms with Gasteiger partial charge in [0.05, 0.1) is 19.0 Å². The lowest BCUT2D eigenvalue weighted by molar-refractivity contribution is -0.0298. The molecule has 1 aromatic carbocycles. The third-order valence-electron chi connectivity index (χ3n) is 4.67. The fourth-order valence-electron chi connectivity index (χ4n) is 3.28. The number of rotatable bonds is 5. The zero-order valence-corrected chi connectivity index (χ0v) is 15.4. The molecule has 8 nitrogen and oxygen atoms in total. The summed E-state index contributed by atoms with van der Waals surface area (Å²) in [7, 11) is 1.33. The first-order chi connectivity index (χ1) is 13.7. The van der Waals surface area contributed by atoms with E-state index in [1.54, 1.807) is 29.1 Å². The molecule has 1 N–H and O–H groups in total. The number of fused-ring (bicyclic) bond motifs is 1. The second-order valence-corrected chi connectivity index (χ2v) is 6.53. The Morgan fingerprint density at radius 3 is 3.07 bits per heavy atom. The number of nitrogens with zero attached hydrogens (tertiary/aromatic N) is 4. The summed E-state index contributed by atoms with van der Waals surface area (Å²) < 4.78 is 26.3. The van der Waals surface area contributed by atoms with Gasteiger partial charge in [0, 0.05) is 13.2 Å². The van der Waals surface area contributed by atoms with E-state index in [2.05, 4.69) is 20.3 Å². The van der Waals surface area contributed by atoms with Crippen molar-refractivity contribution in [3.05, 3.63) is 47.8 Å². The predicted octanol–water partition coefficient (Wildman–Crippen LogP) is 3.06. The number of imidazole rings is 1. The molecule has 146 valence electrons. The van der Waals surface area contributed by atoms with Crippen molar-refractivity contribution in [1.29, 1.82) is 0 Å². The SMILES string of the molecule is COC(=O)c1cccc(CNc2nc(F)nc3c2ncn3C2CCCCO2)c1. The van der Waals surface area contributed by atoms with E-state index in [-0.39, 0.29) is 6.23 Å². The maximum absolute atomic E-state index is 14.1. The molecule has 9 heteroatoms. The molecule has 0 spiro atoms. The van der Waals surface area contributed by atoms with Crippen LogP contribution < -0.4 is 5.32 Å². The lowest BCUT2D eigenvalue weighted by atomic mass is 10.1. The third-order valence-corrected chi connectivity index (χ3v) is 4.67. The van der Waals surface area contributed by atoms with Gasteiger partial charge in [0.15, 0.2) is 17.0 Å². The lowest BCUT2D eigenvalue weighted by Crippen LogP contribution is -2.18. The number of nitrogens with one attached hydrogen (secondary N) is 1. The molecule has 0 radical (unpaired) electrons. The number of carbonyl (C=O) groups excluding carboxylic acids is 1. The number of carbonyl (C=O) groups is 1. The smallest absolute Gasteiger partial charge is 0.337 e. The Balaban J connectivity index is 1.59. The van der Waals surface area contributed by atoms with Crippen molar-refractivity contribution in [2.45, 2.75) is 32.0 Å². The van der Waals surface area contributed by atoms with Crippen LogP contribution in [0.25, 0.3) is 11.2 Å². The molecule has 3 heterocycles. The van der Waals surface area contributed by atoms with Crippen LogP contribution in [0.1, 0.15) is 41.4 Å². The van der Waals surface area contributed by atoms with Gasteiger partial charge in [-0.1, -0.05) is 12.1 Å². The van der Waals surface area contributed by atoms with E-state index in [4.69, 9.17) is 9.47 Å². The molecular weight excluding hydrogens is 365 g/mol. The van der Waals surface area contributed by atoms with Gasteiger partial charge in [0.2, 0.25) is 0 Å². The summed E-state index contributed by atoms with van der Waals surface area (Å²) in [5, 5.41) is 3.09. The van der Waals surface area contributed by atoms with E-state index < -0.39 is 12.0 Å². The van der Waals surface area contributed by atoms with E-state index >= 15 is 0 Å². The van der Waals surface area contributed by atoms with Crippen LogP contribution in [0.4, 0.5) is 10.2 Å². The van der Waals surface area contributed by atoms with Gasteiger partial charge in [0.1, 0.15) is 6.23 Å². The highest BCUT2D eigenvalue weighted by Crippen LogP contribution is 2.27. The second kappa shape index (κ2) is 7.89. The van der Waals surface area contributed by atoms with E-state index in [0.717, 1.165) is 24.8 Å². The van der Waals surface area contributed by atoms with Crippen LogP contribution in [-0.2, 0) is 16.0 Å². The highest BCUT2D eigenvalue weighted by Gasteiger charge is 2.21.